The molecule has 3 aromatic carbocycles. The molecule has 0 spiro atoms. The van der Waals surface area contributed by atoms with E-state index in [0.29, 0.717) is 18.1 Å². The van der Waals surface area contributed by atoms with E-state index in [0.717, 1.165) is 46.5 Å². The summed E-state index contributed by atoms with van der Waals surface area (Å²) in [5.74, 6) is -0.283. The topological polar surface area (TPSA) is 89.7 Å². The van der Waals surface area contributed by atoms with E-state index < -0.39 is 11.4 Å². The molecule has 42 heavy (non-hydrogen) atoms. The van der Waals surface area contributed by atoms with Gasteiger partial charge in [-0.2, -0.15) is 4.58 Å². The van der Waals surface area contributed by atoms with Crippen LogP contribution in [-0.4, -0.2) is 33.7 Å². The van der Waals surface area contributed by atoms with Gasteiger partial charge in [-0.15, -0.1) is 0 Å². The van der Waals surface area contributed by atoms with Crippen molar-refractivity contribution in [1.82, 2.24) is 0 Å². The van der Waals surface area contributed by atoms with Crippen LogP contribution in [0.2, 0.25) is 0 Å². The molecule has 0 bridgehead atoms. The third-order valence-corrected chi connectivity index (χ3v) is 8.20. The maximum Gasteiger partial charge on any atom is 0.335 e. The SMILES string of the molecule is CCCC[N+]1=C(C=C2C(=O)C(/C=C3\C=C(c4ccccc4)Oc4ccccc43)=C2[O-])C(C)(C)c2cc(C(=O)O)ccc21. The van der Waals surface area contributed by atoms with Gasteiger partial charge in [0.2, 0.25) is 5.69 Å². The van der Waals surface area contributed by atoms with Crippen molar-refractivity contribution in [1.29, 1.82) is 0 Å². The number of carboxylic acid groups (broad SMARTS) is 1. The van der Waals surface area contributed by atoms with Crippen LogP contribution in [0.1, 0.15) is 60.7 Å². The predicted octanol–water partition coefficient (Wildman–Crippen LogP) is 6.20. The monoisotopic (exact) mass is 557 g/mol. The summed E-state index contributed by atoms with van der Waals surface area (Å²) in [5, 5.41) is 23.1. The van der Waals surface area contributed by atoms with Gasteiger partial charge in [0.15, 0.2) is 11.5 Å². The number of carbonyl (C=O) groups excluding carboxylic acids is 1. The highest BCUT2D eigenvalue weighted by molar-refractivity contribution is 6.24. The second kappa shape index (κ2) is 10.5. The average Bonchev–Trinajstić information content (AvgIpc) is 3.22. The van der Waals surface area contributed by atoms with Crippen LogP contribution in [-0.2, 0) is 10.2 Å². The number of allylic oxidation sites excluding steroid dienone is 6. The van der Waals surface area contributed by atoms with Crippen LogP contribution in [0.25, 0.3) is 11.3 Å². The smallest absolute Gasteiger partial charge is 0.335 e. The number of fused-ring (bicyclic) bond motifs is 2. The molecule has 3 aliphatic rings. The minimum Gasteiger partial charge on any atom is -0.871 e. The third kappa shape index (κ3) is 4.49. The molecule has 0 radical (unpaired) electrons. The Morgan fingerprint density at radius 1 is 1.02 bits per heavy atom. The number of ether oxygens (including phenoxy) is 1. The quantitative estimate of drug-likeness (QED) is 0.276. The number of Topliss-reactive ketones (excluding diaryl/α,β-unsaturated/α-hetero) is 1. The Morgan fingerprint density at radius 3 is 2.48 bits per heavy atom. The van der Waals surface area contributed by atoms with Crippen molar-refractivity contribution in [3.63, 3.8) is 0 Å². The summed E-state index contributed by atoms with van der Waals surface area (Å²) in [5.41, 5.74) is 4.94. The van der Waals surface area contributed by atoms with Crippen LogP contribution in [0, 0.1) is 0 Å². The van der Waals surface area contributed by atoms with Gasteiger partial charge in [0, 0.05) is 46.4 Å². The highest BCUT2D eigenvalue weighted by Gasteiger charge is 2.45. The van der Waals surface area contributed by atoms with Gasteiger partial charge < -0.3 is 14.9 Å². The van der Waals surface area contributed by atoms with E-state index in [9.17, 15) is 19.8 Å². The van der Waals surface area contributed by atoms with Crippen molar-refractivity contribution in [3.05, 3.63) is 130 Å². The number of unbranched alkanes of at least 4 members (excludes halogenated alkanes) is 1. The van der Waals surface area contributed by atoms with Gasteiger partial charge in [0.25, 0.3) is 0 Å². The summed E-state index contributed by atoms with van der Waals surface area (Å²) < 4.78 is 8.27. The number of hydrogen-bond donors (Lipinski definition) is 1. The maximum atomic E-state index is 13.5. The molecule has 0 saturated heterocycles. The summed E-state index contributed by atoms with van der Waals surface area (Å²) in [4.78, 5) is 25.2. The molecule has 2 heterocycles. The number of ketones is 1. The van der Waals surface area contributed by atoms with Crippen molar-refractivity contribution in [3.8, 4) is 5.75 Å². The average molecular weight is 558 g/mol. The Morgan fingerprint density at radius 2 is 1.76 bits per heavy atom. The molecule has 2 aliphatic heterocycles. The van der Waals surface area contributed by atoms with Crippen LogP contribution >= 0.6 is 0 Å². The van der Waals surface area contributed by atoms with Gasteiger partial charge in [-0.25, -0.2) is 4.79 Å². The molecule has 0 amide bonds. The van der Waals surface area contributed by atoms with Crippen molar-refractivity contribution in [2.45, 2.75) is 39.0 Å². The molecule has 6 nitrogen and oxygen atoms in total. The Kier molecular flexibility index (Phi) is 6.77. The molecule has 6 heteroatoms. The normalized spacial score (nSPS) is 18.9. The second-order valence-electron chi connectivity index (χ2n) is 11.3. The first-order valence-corrected chi connectivity index (χ1v) is 14.2. The van der Waals surface area contributed by atoms with Crippen molar-refractivity contribution >= 4 is 34.5 Å². The molecular formula is C36H31NO5. The van der Waals surface area contributed by atoms with Crippen LogP contribution in [0.15, 0.2) is 108 Å². The number of carboxylic acids is 1. The van der Waals surface area contributed by atoms with E-state index in [2.05, 4.69) is 11.5 Å². The van der Waals surface area contributed by atoms with Crippen molar-refractivity contribution in [2.75, 3.05) is 6.54 Å². The summed E-state index contributed by atoms with van der Waals surface area (Å²) in [7, 11) is 0. The molecule has 0 atom stereocenters. The van der Waals surface area contributed by atoms with Crippen LogP contribution < -0.4 is 9.84 Å². The molecular weight excluding hydrogens is 526 g/mol. The number of nitrogens with zero attached hydrogens (tertiary/aromatic N) is 1. The van der Waals surface area contributed by atoms with Gasteiger partial charge in [-0.3, -0.25) is 4.79 Å². The molecule has 210 valence electrons. The van der Waals surface area contributed by atoms with Gasteiger partial charge in [0.1, 0.15) is 18.1 Å². The lowest BCUT2D eigenvalue weighted by Crippen LogP contribution is -2.34. The number of benzene rings is 3. The molecule has 0 unspecified atom stereocenters. The van der Waals surface area contributed by atoms with E-state index in [-0.39, 0.29) is 28.3 Å². The van der Waals surface area contributed by atoms with E-state index in [1.165, 1.54) is 0 Å². The Bertz CT molecular complexity index is 1800. The Balaban J connectivity index is 1.42. The molecule has 0 aromatic heterocycles. The second-order valence-corrected chi connectivity index (χ2v) is 11.3. The largest absolute Gasteiger partial charge is 0.871 e. The van der Waals surface area contributed by atoms with E-state index in [1.807, 2.05) is 80.6 Å². The fraction of sp³-hybridized carbons (Fsp3) is 0.194. The first-order valence-electron chi connectivity index (χ1n) is 14.2. The Labute approximate surface area is 244 Å². The standard InChI is InChI=1S/C36H31NO5/c1-4-5-17-37-29-16-15-23(35(40)41)19-28(29)36(2,3)32(37)21-27-33(38)26(34(27)39)18-24-20-31(22-11-7-6-8-12-22)42-30-14-10-9-13-25(24)30/h6-16,18-21H,4-5,17H2,1-3H3,(H-,38,39,40,41)/b24-18+. The lowest BCUT2D eigenvalue weighted by molar-refractivity contribution is -0.438. The summed E-state index contributed by atoms with van der Waals surface area (Å²) >= 11 is 0. The third-order valence-electron chi connectivity index (χ3n) is 8.20. The van der Waals surface area contributed by atoms with Gasteiger partial charge in [0.05, 0.1) is 11.0 Å². The van der Waals surface area contributed by atoms with Crippen LogP contribution in [0.3, 0.4) is 0 Å². The van der Waals surface area contributed by atoms with Crippen LogP contribution in [0.5, 0.6) is 5.75 Å². The van der Waals surface area contributed by atoms with Crippen LogP contribution in [0.4, 0.5) is 5.69 Å². The molecule has 3 aromatic rings. The highest BCUT2D eigenvalue weighted by atomic mass is 16.5. The van der Waals surface area contributed by atoms with Gasteiger partial charge in [-0.1, -0.05) is 67.6 Å². The first kappa shape index (κ1) is 27.2. The zero-order chi connectivity index (χ0) is 29.6. The van der Waals surface area contributed by atoms with Crippen molar-refractivity contribution in [2.24, 2.45) is 0 Å². The fourth-order valence-corrected chi connectivity index (χ4v) is 5.84. The van der Waals surface area contributed by atoms with Crippen molar-refractivity contribution < 1.29 is 29.1 Å². The summed E-state index contributed by atoms with van der Waals surface area (Å²) in [6.45, 7) is 6.81. The van der Waals surface area contributed by atoms with E-state index >= 15 is 0 Å². The number of carbonyl (C=O) groups is 2. The predicted molar refractivity (Wildman–Crippen MR) is 161 cm³/mol. The zero-order valence-electron chi connectivity index (χ0n) is 23.8. The lowest BCUT2D eigenvalue weighted by Gasteiger charge is -2.30. The van der Waals surface area contributed by atoms with Gasteiger partial charge in [-0.05, 0) is 49.8 Å². The fourth-order valence-electron chi connectivity index (χ4n) is 5.84. The minimum atomic E-state index is -0.990. The molecule has 1 aliphatic carbocycles. The molecule has 6 rings (SSSR count). The van der Waals surface area contributed by atoms with Gasteiger partial charge >= 0.3 is 5.97 Å². The van der Waals surface area contributed by atoms with E-state index in [1.54, 1.807) is 24.3 Å². The molecule has 0 fully saturated rings. The number of hydrogen-bond acceptors (Lipinski definition) is 4. The zero-order valence-corrected chi connectivity index (χ0v) is 23.8. The highest BCUT2D eigenvalue weighted by Crippen LogP contribution is 2.43. The maximum absolute atomic E-state index is 13.5. The summed E-state index contributed by atoms with van der Waals surface area (Å²) in [6, 6.07) is 22.4. The first-order chi connectivity index (χ1) is 20.2. The number of rotatable bonds is 7. The molecule has 0 saturated carbocycles. The Hall–Kier alpha value is -4.97. The number of para-hydroxylation sites is 1. The summed E-state index contributed by atoms with van der Waals surface area (Å²) in [6.07, 6.45) is 7.12. The minimum absolute atomic E-state index is 0.138. The number of aromatic carboxylic acids is 1. The van der Waals surface area contributed by atoms with E-state index in [4.69, 9.17) is 4.74 Å². The molecule has 1 N–H and O–H groups in total. The lowest BCUT2D eigenvalue weighted by atomic mass is 9.78.